The molecule has 0 spiro atoms. The van der Waals surface area contributed by atoms with Crippen molar-refractivity contribution in [2.75, 3.05) is 0 Å². The molecule has 0 atom stereocenters. The number of nitrogens with one attached hydrogen (secondary N) is 1. The predicted molar refractivity (Wildman–Crippen MR) is 118 cm³/mol. The van der Waals surface area contributed by atoms with Gasteiger partial charge in [-0.25, -0.2) is 4.99 Å². The van der Waals surface area contributed by atoms with Crippen LogP contribution in [0.3, 0.4) is 0 Å². The van der Waals surface area contributed by atoms with Gasteiger partial charge in [0.15, 0.2) is 5.17 Å². The summed E-state index contributed by atoms with van der Waals surface area (Å²) in [5, 5.41) is 15.1. The van der Waals surface area contributed by atoms with Crippen molar-refractivity contribution in [1.29, 1.82) is 0 Å². The van der Waals surface area contributed by atoms with Gasteiger partial charge in [0.05, 0.1) is 21.1 Å². The molecule has 1 amide bonds. The van der Waals surface area contributed by atoms with E-state index in [-0.39, 0.29) is 11.6 Å². The van der Waals surface area contributed by atoms with Gasteiger partial charge in [-0.1, -0.05) is 17.7 Å². The normalized spacial score (nSPS) is 16.3. The first-order chi connectivity index (χ1) is 14.4. The van der Waals surface area contributed by atoms with Crippen LogP contribution < -0.4 is 5.32 Å². The van der Waals surface area contributed by atoms with Crippen molar-refractivity contribution in [2.24, 2.45) is 4.99 Å². The summed E-state index contributed by atoms with van der Waals surface area (Å²) >= 11 is 7.04. The van der Waals surface area contributed by atoms with Crippen LogP contribution in [0.25, 0.3) is 17.4 Å². The fourth-order valence-corrected chi connectivity index (χ4v) is 3.77. The number of aliphatic imine (C=N–C) groups is 1. The molecular weight excluding hydrogens is 426 g/mol. The number of furan rings is 1. The lowest BCUT2D eigenvalue weighted by molar-refractivity contribution is -0.384. The van der Waals surface area contributed by atoms with Gasteiger partial charge in [-0.05, 0) is 66.7 Å². The Labute approximate surface area is 180 Å². The number of amidine groups is 1. The van der Waals surface area contributed by atoms with E-state index in [4.69, 9.17) is 16.0 Å². The number of nitrogens with zero attached hydrogens (tertiary/aromatic N) is 2. The van der Waals surface area contributed by atoms with Gasteiger partial charge in [0.2, 0.25) is 0 Å². The Kier molecular flexibility index (Phi) is 5.43. The maximum Gasteiger partial charge on any atom is 0.280 e. The third-order valence-corrected chi connectivity index (χ3v) is 5.39. The number of hydrogen-bond acceptors (Lipinski definition) is 6. The van der Waals surface area contributed by atoms with Crippen LogP contribution in [0.2, 0.25) is 5.02 Å². The minimum Gasteiger partial charge on any atom is -0.456 e. The molecule has 0 saturated carbocycles. The van der Waals surface area contributed by atoms with E-state index in [0.717, 1.165) is 5.56 Å². The number of carbonyl (C=O) groups excluding carboxylic acids is 1. The number of thioether (sulfide) groups is 1. The third-order valence-electron chi connectivity index (χ3n) is 4.22. The highest BCUT2D eigenvalue weighted by Gasteiger charge is 2.25. The second-order valence-electron chi connectivity index (χ2n) is 6.44. The summed E-state index contributed by atoms with van der Waals surface area (Å²) in [4.78, 5) is 28.0. The van der Waals surface area contributed by atoms with E-state index in [1.807, 2.05) is 0 Å². The minimum atomic E-state index is -0.442. The second kappa shape index (κ2) is 8.17. The van der Waals surface area contributed by atoms with E-state index in [2.05, 4.69) is 10.3 Å². The molecule has 1 fully saturated rings. The van der Waals surface area contributed by atoms with E-state index in [1.54, 1.807) is 61.5 Å². The summed E-state index contributed by atoms with van der Waals surface area (Å²) in [6.07, 6.45) is 1.58. The fraction of sp³-hybridized carbons (Fsp3) is 0.0476. The number of carbonyl (C=O) groups is 1. The van der Waals surface area contributed by atoms with Gasteiger partial charge in [-0.2, -0.15) is 0 Å². The van der Waals surface area contributed by atoms with E-state index in [0.29, 0.717) is 37.9 Å². The highest BCUT2D eigenvalue weighted by molar-refractivity contribution is 8.18. The van der Waals surface area contributed by atoms with E-state index >= 15 is 0 Å². The number of benzene rings is 2. The molecule has 9 heteroatoms. The largest absolute Gasteiger partial charge is 0.456 e. The molecule has 0 aliphatic carbocycles. The molecular formula is C21H14ClN3O4S. The first-order valence-corrected chi connectivity index (χ1v) is 9.99. The Morgan fingerprint density at radius 2 is 1.93 bits per heavy atom. The SMILES string of the molecule is Cc1ccc(-c2ccc(/C=C3\SC(=Nc4ccc(Cl)cc4)NC3=O)o2)c([N+](=O)[O-])c1. The highest BCUT2D eigenvalue weighted by atomic mass is 35.5. The molecule has 3 aromatic rings. The Balaban J connectivity index is 1.58. The molecule has 2 heterocycles. The van der Waals surface area contributed by atoms with E-state index < -0.39 is 4.92 Å². The zero-order valence-corrected chi connectivity index (χ0v) is 17.2. The summed E-state index contributed by atoms with van der Waals surface area (Å²) in [7, 11) is 0. The molecule has 1 aromatic heterocycles. The first-order valence-electron chi connectivity index (χ1n) is 8.79. The summed E-state index contributed by atoms with van der Waals surface area (Å²) in [5.74, 6) is 0.462. The molecule has 1 saturated heterocycles. The molecule has 0 unspecified atom stereocenters. The zero-order chi connectivity index (χ0) is 21.3. The van der Waals surface area contributed by atoms with E-state index in [1.165, 1.54) is 17.8 Å². The van der Waals surface area contributed by atoms with Crippen LogP contribution in [0.5, 0.6) is 0 Å². The van der Waals surface area contributed by atoms with Gasteiger partial charge in [-0.3, -0.25) is 14.9 Å². The molecule has 0 bridgehead atoms. The van der Waals surface area contributed by atoms with Gasteiger partial charge in [0.1, 0.15) is 11.5 Å². The lowest BCUT2D eigenvalue weighted by Crippen LogP contribution is -2.19. The van der Waals surface area contributed by atoms with Crippen LogP contribution in [-0.4, -0.2) is 16.0 Å². The number of halogens is 1. The predicted octanol–water partition coefficient (Wildman–Crippen LogP) is 5.71. The molecule has 4 rings (SSSR count). The Bertz CT molecular complexity index is 1220. The topological polar surface area (TPSA) is 97.7 Å². The number of nitro groups is 1. The van der Waals surface area contributed by atoms with Crippen molar-refractivity contribution < 1.29 is 14.1 Å². The average Bonchev–Trinajstić information content (AvgIpc) is 3.30. The molecule has 150 valence electrons. The molecule has 7 nitrogen and oxygen atoms in total. The van der Waals surface area contributed by atoms with Crippen LogP contribution in [0.1, 0.15) is 11.3 Å². The number of amides is 1. The van der Waals surface area contributed by atoms with Crippen LogP contribution in [0.15, 0.2) is 68.9 Å². The van der Waals surface area contributed by atoms with Gasteiger partial charge < -0.3 is 9.73 Å². The molecule has 1 N–H and O–H groups in total. The van der Waals surface area contributed by atoms with Gasteiger partial charge >= 0.3 is 0 Å². The minimum absolute atomic E-state index is 0.0334. The molecule has 1 aliphatic heterocycles. The van der Waals surface area contributed by atoms with Crippen molar-refractivity contribution in [3.05, 3.63) is 86.0 Å². The third kappa shape index (κ3) is 4.29. The van der Waals surface area contributed by atoms with Gasteiger partial charge in [-0.15, -0.1) is 0 Å². The standard InChI is InChI=1S/C21H14ClN3O4S/c1-12-2-8-16(17(10-12)25(27)28)18-9-7-15(29-18)11-19-20(26)24-21(30-19)23-14-5-3-13(22)4-6-14/h2-11H,1H3,(H,23,24,26)/b19-11-. The summed E-state index contributed by atoms with van der Waals surface area (Å²) in [6, 6.07) is 15.2. The summed E-state index contributed by atoms with van der Waals surface area (Å²) < 4.78 is 5.75. The number of rotatable bonds is 4. The lowest BCUT2D eigenvalue weighted by atomic mass is 10.1. The molecule has 0 radical (unpaired) electrons. The maximum atomic E-state index is 12.3. The van der Waals surface area contributed by atoms with Crippen molar-refractivity contribution >= 4 is 51.9 Å². The number of nitro benzene ring substituents is 1. The summed E-state index contributed by atoms with van der Waals surface area (Å²) in [5.41, 5.74) is 1.79. The van der Waals surface area contributed by atoms with Crippen molar-refractivity contribution in [1.82, 2.24) is 5.32 Å². The van der Waals surface area contributed by atoms with Crippen LogP contribution in [-0.2, 0) is 4.79 Å². The van der Waals surface area contributed by atoms with Crippen LogP contribution in [0.4, 0.5) is 11.4 Å². The molecule has 2 aromatic carbocycles. The lowest BCUT2D eigenvalue weighted by Gasteiger charge is -2.01. The quantitative estimate of drug-likeness (QED) is 0.319. The monoisotopic (exact) mass is 439 g/mol. The van der Waals surface area contributed by atoms with Crippen molar-refractivity contribution in [3.8, 4) is 11.3 Å². The van der Waals surface area contributed by atoms with Gasteiger partial charge in [0.25, 0.3) is 11.6 Å². The second-order valence-corrected chi connectivity index (χ2v) is 7.90. The van der Waals surface area contributed by atoms with Gasteiger partial charge in [0, 0.05) is 17.2 Å². The average molecular weight is 440 g/mol. The highest BCUT2D eigenvalue weighted by Crippen LogP contribution is 2.34. The fourth-order valence-electron chi connectivity index (χ4n) is 2.82. The Morgan fingerprint density at radius 3 is 2.67 bits per heavy atom. The number of aryl methyl sites for hydroxylation is 1. The zero-order valence-electron chi connectivity index (χ0n) is 15.6. The molecule has 1 aliphatic rings. The Morgan fingerprint density at radius 1 is 1.17 bits per heavy atom. The first kappa shape index (κ1) is 19.9. The maximum absolute atomic E-state index is 12.3. The molecule has 30 heavy (non-hydrogen) atoms. The summed E-state index contributed by atoms with van der Waals surface area (Å²) in [6.45, 7) is 1.79. The van der Waals surface area contributed by atoms with Crippen LogP contribution >= 0.6 is 23.4 Å². The van der Waals surface area contributed by atoms with Crippen molar-refractivity contribution in [2.45, 2.75) is 6.92 Å². The van der Waals surface area contributed by atoms with Crippen molar-refractivity contribution in [3.63, 3.8) is 0 Å². The van der Waals surface area contributed by atoms with E-state index in [9.17, 15) is 14.9 Å². The van der Waals surface area contributed by atoms with Crippen LogP contribution in [0, 0.1) is 17.0 Å². The Hall–Kier alpha value is -3.36. The smallest absolute Gasteiger partial charge is 0.280 e. The number of hydrogen-bond donors (Lipinski definition) is 1.